The number of nitrogens with zero attached hydrogens (tertiary/aromatic N) is 1. The molecule has 27 heavy (non-hydrogen) atoms. The number of ether oxygens (including phenoxy) is 1. The molecule has 0 spiro atoms. The van der Waals surface area contributed by atoms with E-state index in [0.717, 1.165) is 45.5 Å². The summed E-state index contributed by atoms with van der Waals surface area (Å²) in [4.78, 5) is 2.53. The topological polar surface area (TPSA) is 24.5 Å². The van der Waals surface area contributed by atoms with Gasteiger partial charge in [-0.25, -0.2) is 0 Å². The van der Waals surface area contributed by atoms with Crippen LogP contribution in [0.3, 0.4) is 0 Å². The van der Waals surface area contributed by atoms with Crippen LogP contribution in [0, 0.1) is 6.92 Å². The standard InChI is InChI=1S/C22H28N2O.2ClH/c1-17-6-2-5-9-21(17)24-14-13-23-19(16-24)10-11-22-20-8-4-3-7-18(20)12-15-25-22;;/h2-9,19,22-23H,10-16H2,1H3;2*1H. The first kappa shape index (κ1) is 22.0. The normalized spacial score (nSPS) is 21.6. The van der Waals surface area contributed by atoms with Crippen molar-refractivity contribution in [2.24, 2.45) is 0 Å². The second kappa shape index (κ2) is 10.3. The van der Waals surface area contributed by atoms with E-state index in [2.05, 4.69) is 65.7 Å². The maximum absolute atomic E-state index is 6.08. The summed E-state index contributed by atoms with van der Waals surface area (Å²) in [5.41, 5.74) is 5.62. The average Bonchev–Trinajstić information content (AvgIpc) is 2.67. The molecule has 5 heteroatoms. The number of fused-ring (bicyclic) bond motifs is 1. The van der Waals surface area contributed by atoms with E-state index < -0.39 is 0 Å². The lowest BCUT2D eigenvalue weighted by atomic mass is 9.93. The van der Waals surface area contributed by atoms with Gasteiger partial charge in [-0.3, -0.25) is 0 Å². The molecule has 0 aromatic heterocycles. The van der Waals surface area contributed by atoms with E-state index >= 15 is 0 Å². The molecule has 2 heterocycles. The van der Waals surface area contributed by atoms with Crippen molar-refractivity contribution in [3.05, 3.63) is 65.2 Å². The van der Waals surface area contributed by atoms with Gasteiger partial charge in [0.1, 0.15) is 0 Å². The first-order chi connectivity index (χ1) is 12.3. The molecule has 2 unspecified atom stereocenters. The smallest absolute Gasteiger partial charge is 0.0828 e. The molecule has 0 saturated carbocycles. The fourth-order valence-corrected chi connectivity index (χ4v) is 4.22. The SMILES string of the molecule is Cc1ccccc1N1CCNC(CCC2OCCc3ccccc32)C1.Cl.Cl. The van der Waals surface area contributed by atoms with Crippen molar-refractivity contribution in [1.82, 2.24) is 5.32 Å². The van der Waals surface area contributed by atoms with Crippen molar-refractivity contribution in [1.29, 1.82) is 0 Å². The highest BCUT2D eigenvalue weighted by molar-refractivity contribution is 5.85. The summed E-state index contributed by atoms with van der Waals surface area (Å²) in [7, 11) is 0. The zero-order valence-corrected chi connectivity index (χ0v) is 17.5. The van der Waals surface area contributed by atoms with E-state index in [1.807, 2.05) is 0 Å². The number of anilines is 1. The van der Waals surface area contributed by atoms with Gasteiger partial charge in [0.05, 0.1) is 12.7 Å². The van der Waals surface area contributed by atoms with Gasteiger partial charge in [-0.05, 0) is 48.9 Å². The number of aryl methyl sites for hydroxylation is 1. The van der Waals surface area contributed by atoms with Gasteiger partial charge in [-0.15, -0.1) is 24.8 Å². The van der Waals surface area contributed by atoms with E-state index in [0.29, 0.717) is 6.04 Å². The predicted molar refractivity (Wildman–Crippen MR) is 118 cm³/mol. The zero-order valence-electron chi connectivity index (χ0n) is 15.9. The van der Waals surface area contributed by atoms with Gasteiger partial charge in [0.25, 0.3) is 0 Å². The number of nitrogens with one attached hydrogen (secondary N) is 1. The van der Waals surface area contributed by atoms with Crippen molar-refractivity contribution in [2.45, 2.75) is 38.3 Å². The van der Waals surface area contributed by atoms with Crippen molar-refractivity contribution >= 4 is 30.5 Å². The molecule has 2 aromatic carbocycles. The molecular weight excluding hydrogens is 379 g/mol. The van der Waals surface area contributed by atoms with E-state index in [1.54, 1.807) is 0 Å². The molecule has 2 aromatic rings. The first-order valence-electron chi connectivity index (χ1n) is 9.54. The molecule has 148 valence electrons. The highest BCUT2D eigenvalue weighted by atomic mass is 35.5. The third-order valence-corrected chi connectivity index (χ3v) is 5.58. The lowest BCUT2D eigenvalue weighted by molar-refractivity contribution is 0.0333. The minimum Gasteiger partial charge on any atom is -0.373 e. The highest BCUT2D eigenvalue weighted by Crippen LogP contribution is 2.31. The number of para-hydroxylation sites is 1. The Bertz CT molecular complexity index is 725. The van der Waals surface area contributed by atoms with Crippen LogP contribution in [0.1, 0.15) is 35.6 Å². The molecule has 0 aliphatic carbocycles. The van der Waals surface area contributed by atoms with Crippen LogP contribution in [0.2, 0.25) is 0 Å². The van der Waals surface area contributed by atoms with E-state index in [9.17, 15) is 0 Å². The fourth-order valence-electron chi connectivity index (χ4n) is 4.22. The number of hydrogen-bond donors (Lipinski definition) is 1. The van der Waals surface area contributed by atoms with Crippen LogP contribution >= 0.6 is 24.8 Å². The molecule has 0 radical (unpaired) electrons. The summed E-state index contributed by atoms with van der Waals surface area (Å²) in [5, 5.41) is 3.70. The highest BCUT2D eigenvalue weighted by Gasteiger charge is 2.24. The Labute approximate surface area is 175 Å². The molecular formula is C22H30Cl2N2O. The maximum Gasteiger partial charge on any atom is 0.0828 e. The van der Waals surface area contributed by atoms with Crippen LogP contribution in [-0.4, -0.2) is 32.3 Å². The number of benzene rings is 2. The molecule has 1 fully saturated rings. The Morgan fingerprint density at radius 1 is 1.04 bits per heavy atom. The van der Waals surface area contributed by atoms with Gasteiger partial charge in [-0.2, -0.15) is 0 Å². The Morgan fingerprint density at radius 3 is 2.67 bits per heavy atom. The van der Waals surface area contributed by atoms with Gasteiger partial charge >= 0.3 is 0 Å². The van der Waals surface area contributed by atoms with Crippen LogP contribution < -0.4 is 10.2 Å². The third kappa shape index (κ3) is 5.17. The largest absolute Gasteiger partial charge is 0.373 e. The quantitative estimate of drug-likeness (QED) is 0.792. The minimum absolute atomic E-state index is 0. The Morgan fingerprint density at radius 2 is 1.81 bits per heavy atom. The Hall–Kier alpha value is -1.26. The zero-order chi connectivity index (χ0) is 17.1. The van der Waals surface area contributed by atoms with Crippen LogP contribution in [0.15, 0.2) is 48.5 Å². The number of halogens is 2. The summed E-state index contributed by atoms with van der Waals surface area (Å²) < 4.78 is 6.08. The van der Waals surface area contributed by atoms with E-state index in [4.69, 9.17) is 4.74 Å². The van der Waals surface area contributed by atoms with Crippen molar-refractivity contribution in [3.63, 3.8) is 0 Å². The summed E-state index contributed by atoms with van der Waals surface area (Å²) in [6.07, 6.45) is 3.56. The fraction of sp³-hybridized carbons (Fsp3) is 0.455. The predicted octanol–water partition coefficient (Wildman–Crippen LogP) is 4.71. The van der Waals surface area contributed by atoms with Gasteiger partial charge < -0.3 is 15.0 Å². The van der Waals surface area contributed by atoms with Crippen molar-refractivity contribution in [3.8, 4) is 0 Å². The summed E-state index contributed by atoms with van der Waals surface area (Å²) in [6, 6.07) is 18.0. The van der Waals surface area contributed by atoms with Gasteiger partial charge in [0.2, 0.25) is 0 Å². The molecule has 1 N–H and O–H groups in total. The molecule has 2 aliphatic heterocycles. The lowest BCUT2D eigenvalue weighted by Gasteiger charge is -2.37. The van der Waals surface area contributed by atoms with E-state index in [-0.39, 0.29) is 30.9 Å². The van der Waals surface area contributed by atoms with E-state index in [1.165, 1.54) is 22.4 Å². The molecule has 0 bridgehead atoms. The van der Waals surface area contributed by atoms with Crippen molar-refractivity contribution in [2.75, 3.05) is 31.1 Å². The molecule has 0 amide bonds. The number of rotatable bonds is 4. The molecule has 1 saturated heterocycles. The molecule has 2 aliphatic rings. The number of piperazine rings is 1. The third-order valence-electron chi connectivity index (χ3n) is 5.58. The van der Waals surface area contributed by atoms with Gasteiger partial charge in [-0.1, -0.05) is 42.5 Å². The molecule has 2 atom stereocenters. The summed E-state index contributed by atoms with van der Waals surface area (Å²) in [5.74, 6) is 0. The van der Waals surface area contributed by atoms with Crippen LogP contribution in [0.5, 0.6) is 0 Å². The Balaban J connectivity index is 0.00000131. The summed E-state index contributed by atoms with van der Waals surface area (Å²) >= 11 is 0. The Kier molecular flexibility index (Phi) is 8.43. The van der Waals surface area contributed by atoms with Gasteiger partial charge in [0.15, 0.2) is 0 Å². The van der Waals surface area contributed by atoms with Crippen LogP contribution in [-0.2, 0) is 11.2 Å². The second-order valence-corrected chi connectivity index (χ2v) is 7.27. The molecule has 4 rings (SSSR count). The lowest BCUT2D eigenvalue weighted by Crippen LogP contribution is -2.51. The minimum atomic E-state index is 0. The average molecular weight is 409 g/mol. The second-order valence-electron chi connectivity index (χ2n) is 7.27. The first-order valence-corrected chi connectivity index (χ1v) is 9.54. The molecule has 3 nitrogen and oxygen atoms in total. The number of hydrogen-bond acceptors (Lipinski definition) is 3. The summed E-state index contributed by atoms with van der Waals surface area (Å²) in [6.45, 7) is 6.29. The maximum atomic E-state index is 6.08. The van der Waals surface area contributed by atoms with Crippen molar-refractivity contribution < 1.29 is 4.74 Å². The monoisotopic (exact) mass is 408 g/mol. The van der Waals surface area contributed by atoms with Gasteiger partial charge in [0, 0.05) is 31.4 Å². The van der Waals surface area contributed by atoms with Crippen LogP contribution in [0.4, 0.5) is 5.69 Å². The van der Waals surface area contributed by atoms with Crippen LogP contribution in [0.25, 0.3) is 0 Å².